The van der Waals surface area contributed by atoms with Crippen LogP contribution in [0.3, 0.4) is 0 Å². The van der Waals surface area contributed by atoms with Gasteiger partial charge in [-0.1, -0.05) is 0 Å². The van der Waals surface area contributed by atoms with Crippen LogP contribution in [0.15, 0.2) is 16.6 Å². The summed E-state index contributed by atoms with van der Waals surface area (Å²) in [7, 11) is 2.83. The Kier molecular flexibility index (Phi) is 4.61. The van der Waals surface area contributed by atoms with Crippen LogP contribution < -0.4 is 4.74 Å². The third-order valence-electron chi connectivity index (χ3n) is 2.15. The summed E-state index contributed by atoms with van der Waals surface area (Å²) in [5.41, 5.74) is 0.895. The van der Waals surface area contributed by atoms with Gasteiger partial charge in [-0.25, -0.2) is 0 Å². The fraction of sp³-hybridized carbons (Fsp3) is 0.364. The maximum absolute atomic E-state index is 11.0. The molecule has 0 spiro atoms. The van der Waals surface area contributed by atoms with Crippen molar-refractivity contribution in [2.24, 2.45) is 0 Å². The molecule has 0 saturated carbocycles. The zero-order chi connectivity index (χ0) is 12.1. The van der Waals surface area contributed by atoms with E-state index in [0.29, 0.717) is 23.1 Å². The monoisotopic (exact) mass is 288 g/mol. The summed E-state index contributed by atoms with van der Waals surface area (Å²) in [5.74, 6) is 0.182. The highest BCUT2D eigenvalue weighted by molar-refractivity contribution is 9.10. The predicted octanol–water partition coefficient (Wildman–Crippen LogP) is 2.27. The summed E-state index contributed by atoms with van der Waals surface area (Å²) < 4.78 is 10.1. The van der Waals surface area contributed by atoms with Crippen LogP contribution in [-0.2, 0) is 16.0 Å². The first kappa shape index (κ1) is 12.8. The average Bonchev–Trinajstić information content (AvgIpc) is 2.29. The lowest BCUT2D eigenvalue weighted by atomic mass is 10.1. The van der Waals surface area contributed by atoms with Gasteiger partial charge in [-0.15, -0.1) is 0 Å². The number of aromatic hydroxyl groups is 1. The Hall–Kier alpha value is -1.23. The van der Waals surface area contributed by atoms with Gasteiger partial charge in [-0.05, 0) is 40.0 Å². The van der Waals surface area contributed by atoms with Crippen molar-refractivity contribution in [1.29, 1.82) is 0 Å². The molecule has 0 saturated heterocycles. The number of ether oxygens (including phenoxy) is 2. The van der Waals surface area contributed by atoms with Crippen LogP contribution in [-0.4, -0.2) is 25.3 Å². The van der Waals surface area contributed by atoms with Gasteiger partial charge in [-0.2, -0.15) is 0 Å². The maximum Gasteiger partial charge on any atom is 0.305 e. The Balaban J connectivity index is 2.81. The third-order valence-corrected chi connectivity index (χ3v) is 2.76. The van der Waals surface area contributed by atoms with Gasteiger partial charge >= 0.3 is 5.97 Å². The molecule has 1 aromatic carbocycles. The van der Waals surface area contributed by atoms with E-state index in [1.165, 1.54) is 14.2 Å². The topological polar surface area (TPSA) is 55.8 Å². The van der Waals surface area contributed by atoms with Crippen LogP contribution in [0.25, 0.3) is 0 Å². The number of carbonyl (C=O) groups excluding carboxylic acids is 1. The Morgan fingerprint density at radius 1 is 1.44 bits per heavy atom. The summed E-state index contributed by atoms with van der Waals surface area (Å²) in [6, 6.07) is 3.45. The standard InChI is InChI=1S/C11H13BrO4/c1-15-9-6-7(3-4-10(13)16-2)5-8(12)11(9)14/h5-6,14H,3-4H2,1-2H3. The second-order valence-corrected chi connectivity index (χ2v) is 4.06. The number of carbonyl (C=O) groups is 1. The molecular weight excluding hydrogens is 276 g/mol. The van der Waals surface area contributed by atoms with Gasteiger partial charge in [0.25, 0.3) is 0 Å². The molecule has 16 heavy (non-hydrogen) atoms. The molecule has 0 fully saturated rings. The maximum atomic E-state index is 11.0. The molecule has 1 aromatic rings. The molecule has 0 aromatic heterocycles. The summed E-state index contributed by atoms with van der Waals surface area (Å²) in [6.07, 6.45) is 0.846. The summed E-state index contributed by atoms with van der Waals surface area (Å²) in [4.78, 5) is 11.0. The van der Waals surface area contributed by atoms with Gasteiger partial charge < -0.3 is 14.6 Å². The number of hydrogen-bond donors (Lipinski definition) is 1. The van der Waals surface area contributed by atoms with Crippen LogP contribution >= 0.6 is 15.9 Å². The quantitative estimate of drug-likeness (QED) is 0.864. The molecule has 0 atom stereocenters. The minimum Gasteiger partial charge on any atom is -0.503 e. The zero-order valence-corrected chi connectivity index (χ0v) is 10.7. The minimum absolute atomic E-state index is 0.0596. The van der Waals surface area contributed by atoms with Gasteiger partial charge in [-0.3, -0.25) is 4.79 Å². The van der Waals surface area contributed by atoms with Crippen LogP contribution in [0.5, 0.6) is 11.5 Å². The van der Waals surface area contributed by atoms with E-state index in [4.69, 9.17) is 4.74 Å². The molecule has 0 bridgehead atoms. The second-order valence-electron chi connectivity index (χ2n) is 3.20. The number of methoxy groups -OCH3 is 2. The number of hydrogen-bond acceptors (Lipinski definition) is 4. The molecule has 0 aliphatic rings. The normalized spacial score (nSPS) is 9.94. The van der Waals surface area contributed by atoms with Crippen molar-refractivity contribution in [3.05, 3.63) is 22.2 Å². The highest BCUT2D eigenvalue weighted by atomic mass is 79.9. The molecule has 0 heterocycles. The lowest BCUT2D eigenvalue weighted by Crippen LogP contribution is -2.02. The van der Waals surface area contributed by atoms with Crippen LogP contribution in [0.2, 0.25) is 0 Å². The number of esters is 1. The first-order valence-electron chi connectivity index (χ1n) is 4.70. The molecule has 0 unspecified atom stereocenters. The third kappa shape index (κ3) is 3.13. The van der Waals surface area contributed by atoms with Crippen molar-refractivity contribution in [2.75, 3.05) is 14.2 Å². The second kappa shape index (κ2) is 5.75. The summed E-state index contributed by atoms with van der Waals surface area (Å²) >= 11 is 3.22. The van der Waals surface area contributed by atoms with E-state index in [9.17, 15) is 9.90 Å². The predicted molar refractivity (Wildman–Crippen MR) is 62.7 cm³/mol. The van der Waals surface area contributed by atoms with Crippen molar-refractivity contribution in [3.63, 3.8) is 0 Å². The van der Waals surface area contributed by atoms with Crippen molar-refractivity contribution in [2.45, 2.75) is 12.8 Å². The van der Waals surface area contributed by atoms with Gasteiger partial charge in [0.1, 0.15) is 0 Å². The highest BCUT2D eigenvalue weighted by Crippen LogP contribution is 2.35. The van der Waals surface area contributed by atoms with Gasteiger partial charge in [0.05, 0.1) is 18.7 Å². The smallest absolute Gasteiger partial charge is 0.305 e. The average molecular weight is 289 g/mol. The highest BCUT2D eigenvalue weighted by Gasteiger charge is 2.09. The van der Waals surface area contributed by atoms with E-state index in [1.54, 1.807) is 12.1 Å². The van der Waals surface area contributed by atoms with E-state index in [-0.39, 0.29) is 11.7 Å². The number of phenolic OH excluding ortho intramolecular Hbond substituents is 1. The Morgan fingerprint density at radius 2 is 2.12 bits per heavy atom. The molecule has 0 aliphatic heterocycles. The van der Waals surface area contributed by atoms with Gasteiger partial charge in [0, 0.05) is 6.42 Å². The largest absolute Gasteiger partial charge is 0.503 e. The van der Waals surface area contributed by atoms with E-state index >= 15 is 0 Å². The first-order chi connectivity index (χ1) is 7.58. The van der Waals surface area contributed by atoms with Crippen molar-refractivity contribution in [1.82, 2.24) is 0 Å². The van der Waals surface area contributed by atoms with Crippen molar-refractivity contribution < 1.29 is 19.4 Å². The summed E-state index contributed by atoms with van der Waals surface area (Å²) in [5, 5.41) is 9.58. The molecule has 4 nitrogen and oxygen atoms in total. The molecular formula is C11H13BrO4. The van der Waals surface area contributed by atoms with Crippen molar-refractivity contribution >= 4 is 21.9 Å². The fourth-order valence-corrected chi connectivity index (χ4v) is 1.77. The van der Waals surface area contributed by atoms with Gasteiger partial charge in [0.15, 0.2) is 11.5 Å². The fourth-order valence-electron chi connectivity index (χ4n) is 1.28. The Bertz CT molecular complexity index is 390. The van der Waals surface area contributed by atoms with Crippen LogP contribution in [0.4, 0.5) is 0 Å². The van der Waals surface area contributed by atoms with Crippen LogP contribution in [0, 0.1) is 0 Å². The number of rotatable bonds is 4. The van der Waals surface area contributed by atoms with E-state index in [1.807, 2.05) is 0 Å². The SMILES string of the molecule is COC(=O)CCc1cc(Br)c(O)c(OC)c1. The van der Waals surface area contributed by atoms with E-state index < -0.39 is 0 Å². The number of benzene rings is 1. The molecule has 88 valence electrons. The van der Waals surface area contributed by atoms with Crippen molar-refractivity contribution in [3.8, 4) is 11.5 Å². The Labute approximate surface area is 102 Å². The lowest BCUT2D eigenvalue weighted by Gasteiger charge is -2.08. The molecule has 0 aliphatic carbocycles. The lowest BCUT2D eigenvalue weighted by molar-refractivity contribution is -0.140. The van der Waals surface area contributed by atoms with Crippen LogP contribution in [0.1, 0.15) is 12.0 Å². The first-order valence-corrected chi connectivity index (χ1v) is 5.50. The van der Waals surface area contributed by atoms with E-state index in [2.05, 4.69) is 20.7 Å². The number of halogens is 1. The number of phenols is 1. The van der Waals surface area contributed by atoms with E-state index in [0.717, 1.165) is 5.56 Å². The molecule has 1 rings (SSSR count). The summed E-state index contributed by atoms with van der Waals surface area (Å²) in [6.45, 7) is 0. The Morgan fingerprint density at radius 3 is 2.69 bits per heavy atom. The molecule has 5 heteroatoms. The number of aryl methyl sites for hydroxylation is 1. The van der Waals surface area contributed by atoms with Gasteiger partial charge in [0.2, 0.25) is 0 Å². The molecule has 0 amide bonds. The molecule has 1 N–H and O–H groups in total. The molecule has 0 radical (unpaired) electrons. The zero-order valence-electron chi connectivity index (χ0n) is 9.12. The minimum atomic E-state index is -0.261.